The normalized spacial score (nSPS) is 15.4. The van der Waals surface area contributed by atoms with E-state index in [-0.39, 0.29) is 5.92 Å². The van der Waals surface area contributed by atoms with Gasteiger partial charge in [-0.05, 0) is 71.8 Å². The van der Waals surface area contributed by atoms with Crippen LogP contribution in [0, 0.1) is 0 Å². The van der Waals surface area contributed by atoms with E-state index in [1.165, 1.54) is 27.8 Å². The van der Waals surface area contributed by atoms with Crippen molar-refractivity contribution in [1.82, 2.24) is 10.6 Å². The fraction of sp³-hybridized carbons (Fsp3) is 0.321. The van der Waals surface area contributed by atoms with Gasteiger partial charge in [0.15, 0.2) is 0 Å². The van der Waals surface area contributed by atoms with Crippen LogP contribution in [0.5, 0.6) is 5.75 Å². The highest BCUT2D eigenvalue weighted by molar-refractivity contribution is 6.30. The quantitative estimate of drug-likeness (QED) is 0.428. The van der Waals surface area contributed by atoms with Gasteiger partial charge in [-0.1, -0.05) is 66.2 Å². The first kappa shape index (κ1) is 22.8. The Morgan fingerprint density at radius 2 is 1.62 bits per heavy atom. The second-order valence-electron chi connectivity index (χ2n) is 8.81. The zero-order valence-corrected chi connectivity index (χ0v) is 19.8. The predicted octanol–water partition coefficient (Wildman–Crippen LogP) is 5.72. The van der Waals surface area contributed by atoms with E-state index in [2.05, 4.69) is 41.0 Å². The summed E-state index contributed by atoms with van der Waals surface area (Å²) in [7, 11) is 0. The first-order valence-corrected chi connectivity index (χ1v) is 12.3. The smallest absolute Gasteiger partial charge is 0.407 e. The van der Waals surface area contributed by atoms with Crippen molar-refractivity contribution >= 4 is 17.7 Å². The summed E-state index contributed by atoms with van der Waals surface area (Å²) in [6, 6.07) is 22.5. The molecule has 1 heterocycles. The number of carbonyl (C=O) groups excluding carboxylic acids is 1. The highest BCUT2D eigenvalue weighted by Gasteiger charge is 2.29. The summed E-state index contributed by atoms with van der Waals surface area (Å²) in [6.45, 7) is 3.03. The van der Waals surface area contributed by atoms with Crippen molar-refractivity contribution in [1.29, 1.82) is 0 Å². The molecule has 0 bridgehead atoms. The number of amides is 1. The first-order chi connectivity index (χ1) is 16.7. The third-order valence-electron chi connectivity index (χ3n) is 6.73. The molecule has 0 spiro atoms. The SMILES string of the molecule is O=C(NCCOc1cc(Cl)ccc1C1CCNCC1)OCC1c2ccccc2-c2ccccc21. The minimum absolute atomic E-state index is 0.0494. The van der Waals surface area contributed by atoms with Crippen molar-refractivity contribution < 1.29 is 14.3 Å². The number of hydrogen-bond acceptors (Lipinski definition) is 4. The Kier molecular flexibility index (Phi) is 7.02. The molecule has 5 nitrogen and oxygen atoms in total. The van der Waals surface area contributed by atoms with Crippen molar-refractivity contribution in [2.75, 3.05) is 32.8 Å². The minimum Gasteiger partial charge on any atom is -0.491 e. The fourth-order valence-corrected chi connectivity index (χ4v) is 5.23. The minimum atomic E-state index is -0.435. The second-order valence-corrected chi connectivity index (χ2v) is 9.24. The lowest BCUT2D eigenvalue weighted by molar-refractivity contribution is 0.141. The molecule has 0 radical (unpaired) electrons. The van der Waals surface area contributed by atoms with Gasteiger partial charge in [0, 0.05) is 10.9 Å². The summed E-state index contributed by atoms with van der Waals surface area (Å²) in [4.78, 5) is 12.4. The van der Waals surface area contributed by atoms with E-state index >= 15 is 0 Å². The van der Waals surface area contributed by atoms with Crippen molar-refractivity contribution in [3.63, 3.8) is 0 Å². The van der Waals surface area contributed by atoms with Gasteiger partial charge in [0.1, 0.15) is 19.0 Å². The van der Waals surface area contributed by atoms with E-state index < -0.39 is 6.09 Å². The summed E-state index contributed by atoms with van der Waals surface area (Å²) >= 11 is 6.21. The number of nitrogens with one attached hydrogen (secondary N) is 2. The standard InChI is InChI=1S/C28H29ClN2O3/c29-20-9-10-21(19-11-13-30-14-12-19)27(17-20)33-16-15-31-28(32)34-18-26-24-7-3-1-5-22(24)23-6-2-4-8-25(23)26/h1-10,17,19,26,30H,11-16,18H2,(H,31,32). The lowest BCUT2D eigenvalue weighted by Crippen LogP contribution is -2.30. The van der Waals surface area contributed by atoms with Crippen LogP contribution in [-0.2, 0) is 4.74 Å². The zero-order valence-electron chi connectivity index (χ0n) is 19.1. The van der Waals surface area contributed by atoms with E-state index in [9.17, 15) is 4.79 Å². The van der Waals surface area contributed by atoms with Crippen LogP contribution >= 0.6 is 11.6 Å². The number of ether oxygens (including phenoxy) is 2. The highest BCUT2D eigenvalue weighted by atomic mass is 35.5. The molecule has 0 atom stereocenters. The summed E-state index contributed by atoms with van der Waals surface area (Å²) in [5.41, 5.74) is 6.02. The van der Waals surface area contributed by atoms with E-state index in [0.717, 1.165) is 31.7 Å². The molecule has 5 rings (SSSR count). The molecule has 6 heteroatoms. The highest BCUT2D eigenvalue weighted by Crippen LogP contribution is 2.44. The van der Waals surface area contributed by atoms with E-state index in [4.69, 9.17) is 21.1 Å². The molecule has 1 saturated heterocycles. The fourth-order valence-electron chi connectivity index (χ4n) is 5.07. The van der Waals surface area contributed by atoms with Gasteiger partial charge >= 0.3 is 6.09 Å². The molecule has 1 aliphatic heterocycles. The number of alkyl carbamates (subject to hydrolysis) is 1. The lowest BCUT2D eigenvalue weighted by Gasteiger charge is -2.25. The van der Waals surface area contributed by atoms with Gasteiger partial charge in [-0.3, -0.25) is 0 Å². The third kappa shape index (κ3) is 4.91. The van der Waals surface area contributed by atoms with Gasteiger partial charge in [-0.15, -0.1) is 0 Å². The molecule has 34 heavy (non-hydrogen) atoms. The molecule has 1 aliphatic carbocycles. The molecule has 176 valence electrons. The Morgan fingerprint density at radius 3 is 2.32 bits per heavy atom. The maximum atomic E-state index is 12.4. The van der Waals surface area contributed by atoms with Crippen molar-refractivity contribution in [2.45, 2.75) is 24.7 Å². The molecular formula is C28H29ClN2O3. The van der Waals surface area contributed by atoms with Crippen LogP contribution in [0.3, 0.4) is 0 Å². The van der Waals surface area contributed by atoms with Crippen LogP contribution in [0.2, 0.25) is 5.02 Å². The van der Waals surface area contributed by atoms with E-state index in [1.807, 2.05) is 36.4 Å². The summed E-state index contributed by atoms with van der Waals surface area (Å²) in [5, 5.41) is 6.85. The average Bonchev–Trinajstić information content (AvgIpc) is 3.20. The maximum absolute atomic E-state index is 12.4. The number of piperidine rings is 1. The largest absolute Gasteiger partial charge is 0.491 e. The van der Waals surface area contributed by atoms with Crippen molar-refractivity contribution in [3.8, 4) is 16.9 Å². The molecule has 2 N–H and O–H groups in total. The van der Waals surface area contributed by atoms with Crippen molar-refractivity contribution in [2.24, 2.45) is 0 Å². The summed E-state index contributed by atoms with van der Waals surface area (Å²) < 4.78 is 11.6. The Morgan fingerprint density at radius 1 is 0.941 bits per heavy atom. The summed E-state index contributed by atoms with van der Waals surface area (Å²) in [5.74, 6) is 1.31. The Bertz CT molecular complexity index is 1110. The van der Waals surface area contributed by atoms with Crippen molar-refractivity contribution in [3.05, 3.63) is 88.4 Å². The molecule has 0 saturated carbocycles. The maximum Gasteiger partial charge on any atom is 0.407 e. The van der Waals surface area contributed by atoms with Crippen LogP contribution < -0.4 is 15.4 Å². The Labute approximate surface area is 205 Å². The second kappa shape index (κ2) is 10.5. The van der Waals surface area contributed by atoms with Crippen LogP contribution in [0.15, 0.2) is 66.7 Å². The number of carbonyl (C=O) groups is 1. The lowest BCUT2D eigenvalue weighted by atomic mass is 9.89. The Balaban J connectivity index is 1.13. The van der Waals surface area contributed by atoms with Gasteiger partial charge < -0.3 is 20.1 Å². The van der Waals surface area contributed by atoms with Gasteiger partial charge in [0.25, 0.3) is 0 Å². The number of halogens is 1. The van der Waals surface area contributed by atoms with E-state index in [0.29, 0.717) is 30.7 Å². The molecule has 0 aromatic heterocycles. The van der Waals surface area contributed by atoms with Gasteiger partial charge in [0.05, 0.1) is 6.54 Å². The molecule has 1 amide bonds. The van der Waals surface area contributed by atoms with Crippen LogP contribution in [0.1, 0.15) is 41.4 Å². The molecule has 2 aliphatic rings. The average molecular weight is 477 g/mol. The number of hydrogen-bond donors (Lipinski definition) is 2. The predicted molar refractivity (Wildman–Crippen MR) is 135 cm³/mol. The molecule has 3 aromatic carbocycles. The first-order valence-electron chi connectivity index (χ1n) is 11.9. The number of rotatable bonds is 7. The number of benzene rings is 3. The van der Waals surface area contributed by atoms with Gasteiger partial charge in [0.2, 0.25) is 0 Å². The van der Waals surface area contributed by atoms with Gasteiger partial charge in [-0.25, -0.2) is 4.79 Å². The molecule has 0 unspecified atom stereocenters. The Hall–Kier alpha value is -3.02. The zero-order chi connectivity index (χ0) is 23.3. The van der Waals surface area contributed by atoms with Crippen LogP contribution in [-0.4, -0.2) is 38.9 Å². The molecular weight excluding hydrogens is 448 g/mol. The summed E-state index contributed by atoms with van der Waals surface area (Å²) in [6.07, 6.45) is 1.72. The van der Waals surface area contributed by atoms with E-state index in [1.54, 1.807) is 0 Å². The third-order valence-corrected chi connectivity index (χ3v) is 6.96. The monoisotopic (exact) mass is 476 g/mol. The molecule has 1 fully saturated rings. The van der Waals surface area contributed by atoms with Crippen LogP contribution in [0.4, 0.5) is 4.79 Å². The topological polar surface area (TPSA) is 59.6 Å². The number of fused-ring (bicyclic) bond motifs is 3. The molecule has 3 aromatic rings. The van der Waals surface area contributed by atoms with Gasteiger partial charge in [-0.2, -0.15) is 0 Å². The van der Waals surface area contributed by atoms with Crippen LogP contribution in [0.25, 0.3) is 11.1 Å².